The topological polar surface area (TPSA) is 26.3 Å². The third-order valence-electron chi connectivity index (χ3n) is 2.66. The number of carbonyl (C=O) groups is 1. The summed E-state index contributed by atoms with van der Waals surface area (Å²) in [5, 5.41) is 0. The molecule has 1 heterocycles. The zero-order chi connectivity index (χ0) is 11.7. The third-order valence-corrected chi connectivity index (χ3v) is 3.24. The molecule has 1 atom stereocenters. The number of carbonyl (C=O) groups excluding carboxylic acids is 1. The molecule has 0 aliphatic carbocycles. The van der Waals surface area contributed by atoms with Crippen LogP contribution in [-0.4, -0.2) is 12.4 Å². The predicted octanol–water partition coefficient (Wildman–Crippen LogP) is 3.32. The zero-order valence-electron chi connectivity index (χ0n) is 8.93. The van der Waals surface area contributed by atoms with E-state index in [1.165, 1.54) is 0 Å². The van der Waals surface area contributed by atoms with Crippen molar-refractivity contribution in [3.8, 4) is 0 Å². The normalized spacial score (nSPS) is 21.2. The number of halogens is 2. The zero-order valence-corrected chi connectivity index (χ0v) is 10.5. The van der Waals surface area contributed by atoms with Crippen molar-refractivity contribution in [3.63, 3.8) is 0 Å². The second kappa shape index (κ2) is 4.63. The van der Waals surface area contributed by atoms with Crippen LogP contribution in [0, 0.1) is 12.7 Å². The third kappa shape index (κ3) is 2.33. The predicted molar refractivity (Wildman–Crippen MR) is 61.8 cm³/mol. The molecule has 0 amide bonds. The summed E-state index contributed by atoms with van der Waals surface area (Å²) in [7, 11) is 0. The molecule has 0 aromatic heterocycles. The van der Waals surface area contributed by atoms with E-state index < -0.39 is 6.10 Å². The average molecular weight is 287 g/mol. The van der Waals surface area contributed by atoms with Crippen LogP contribution in [0.15, 0.2) is 16.6 Å². The van der Waals surface area contributed by atoms with Crippen LogP contribution < -0.4 is 0 Å². The summed E-state index contributed by atoms with van der Waals surface area (Å²) in [6.45, 7) is 2.27. The van der Waals surface area contributed by atoms with Crippen LogP contribution in [0.25, 0.3) is 0 Å². The summed E-state index contributed by atoms with van der Waals surface area (Å²) in [4.78, 5) is 11.3. The number of Topliss-reactive ketones (excluding diaryl/α,β-unsaturated/α-hetero) is 1. The molecule has 4 heteroatoms. The summed E-state index contributed by atoms with van der Waals surface area (Å²) in [6.07, 6.45) is 0.273. The van der Waals surface area contributed by atoms with Crippen LogP contribution >= 0.6 is 15.9 Å². The smallest absolute Gasteiger partial charge is 0.143 e. The number of ether oxygens (including phenoxy) is 1. The van der Waals surface area contributed by atoms with Gasteiger partial charge in [0, 0.05) is 18.4 Å². The molecule has 1 aliphatic heterocycles. The maximum absolute atomic E-state index is 13.9. The van der Waals surface area contributed by atoms with Crippen molar-refractivity contribution >= 4 is 21.7 Å². The van der Waals surface area contributed by atoms with Gasteiger partial charge in [-0.3, -0.25) is 4.79 Å². The van der Waals surface area contributed by atoms with E-state index in [4.69, 9.17) is 4.74 Å². The van der Waals surface area contributed by atoms with Gasteiger partial charge in [-0.05, 0) is 34.5 Å². The summed E-state index contributed by atoms with van der Waals surface area (Å²) < 4.78 is 19.7. The molecule has 0 saturated carbocycles. The number of ketones is 1. The Morgan fingerprint density at radius 3 is 2.94 bits per heavy atom. The van der Waals surface area contributed by atoms with Gasteiger partial charge < -0.3 is 4.74 Å². The Hall–Kier alpha value is -0.740. The molecule has 1 fully saturated rings. The maximum atomic E-state index is 13.9. The molecule has 0 spiro atoms. The molecule has 2 rings (SSSR count). The van der Waals surface area contributed by atoms with Crippen molar-refractivity contribution in [1.29, 1.82) is 0 Å². The number of hydrogen-bond acceptors (Lipinski definition) is 2. The monoisotopic (exact) mass is 286 g/mol. The first kappa shape index (κ1) is 11.7. The number of rotatable bonds is 1. The fourth-order valence-electron chi connectivity index (χ4n) is 1.87. The summed E-state index contributed by atoms with van der Waals surface area (Å²) in [5.74, 6) is -0.196. The molecule has 86 valence electrons. The fraction of sp³-hybridized carbons (Fsp3) is 0.417. The van der Waals surface area contributed by atoms with Gasteiger partial charge in [0.15, 0.2) is 0 Å². The lowest BCUT2D eigenvalue weighted by Crippen LogP contribution is -2.20. The largest absolute Gasteiger partial charge is 0.372 e. The minimum absolute atomic E-state index is 0.133. The Kier molecular flexibility index (Phi) is 3.40. The SMILES string of the molecule is Cc1cc(Br)c(F)c(C2CC(=O)CCO2)c1. The van der Waals surface area contributed by atoms with Gasteiger partial charge in [0.25, 0.3) is 0 Å². The van der Waals surface area contributed by atoms with Crippen molar-refractivity contribution in [2.75, 3.05) is 6.61 Å². The molecule has 2 nitrogen and oxygen atoms in total. The Morgan fingerprint density at radius 2 is 2.25 bits per heavy atom. The van der Waals surface area contributed by atoms with Crippen molar-refractivity contribution in [2.45, 2.75) is 25.9 Å². The Morgan fingerprint density at radius 1 is 1.50 bits per heavy atom. The lowest BCUT2D eigenvalue weighted by Gasteiger charge is -2.23. The van der Waals surface area contributed by atoms with Gasteiger partial charge in [0.05, 0.1) is 17.2 Å². The Balaban J connectivity index is 2.35. The highest BCUT2D eigenvalue weighted by molar-refractivity contribution is 9.10. The van der Waals surface area contributed by atoms with E-state index in [2.05, 4.69) is 15.9 Å². The van der Waals surface area contributed by atoms with E-state index in [9.17, 15) is 9.18 Å². The Bertz CT molecular complexity index is 431. The van der Waals surface area contributed by atoms with Crippen molar-refractivity contribution in [2.24, 2.45) is 0 Å². The summed E-state index contributed by atoms with van der Waals surface area (Å²) in [6, 6.07) is 3.45. The summed E-state index contributed by atoms with van der Waals surface area (Å²) >= 11 is 3.16. The number of hydrogen-bond donors (Lipinski definition) is 0. The van der Waals surface area contributed by atoms with Crippen LogP contribution in [-0.2, 0) is 9.53 Å². The minimum atomic E-state index is -0.433. The lowest BCUT2D eigenvalue weighted by molar-refractivity contribution is -0.128. The molecule has 0 radical (unpaired) electrons. The molecule has 0 bridgehead atoms. The van der Waals surface area contributed by atoms with Crippen LogP contribution in [0.3, 0.4) is 0 Å². The first-order chi connectivity index (χ1) is 7.58. The molecule has 1 aromatic carbocycles. The molecule has 16 heavy (non-hydrogen) atoms. The second-order valence-electron chi connectivity index (χ2n) is 4.00. The lowest BCUT2D eigenvalue weighted by atomic mass is 9.98. The maximum Gasteiger partial charge on any atom is 0.143 e. The molecule has 1 unspecified atom stereocenters. The highest BCUT2D eigenvalue weighted by Gasteiger charge is 2.25. The van der Waals surface area contributed by atoms with E-state index in [-0.39, 0.29) is 18.0 Å². The van der Waals surface area contributed by atoms with Gasteiger partial charge in [-0.15, -0.1) is 0 Å². The van der Waals surface area contributed by atoms with Crippen LogP contribution in [0.2, 0.25) is 0 Å². The average Bonchev–Trinajstić information content (AvgIpc) is 2.23. The highest BCUT2D eigenvalue weighted by atomic mass is 79.9. The van der Waals surface area contributed by atoms with Gasteiger partial charge >= 0.3 is 0 Å². The number of benzene rings is 1. The van der Waals surface area contributed by atoms with Crippen LogP contribution in [0.5, 0.6) is 0 Å². The van der Waals surface area contributed by atoms with E-state index in [1.54, 1.807) is 12.1 Å². The van der Waals surface area contributed by atoms with E-state index >= 15 is 0 Å². The van der Waals surface area contributed by atoms with Gasteiger partial charge in [-0.25, -0.2) is 4.39 Å². The van der Waals surface area contributed by atoms with Gasteiger partial charge in [-0.2, -0.15) is 0 Å². The van der Waals surface area contributed by atoms with Crippen molar-refractivity contribution < 1.29 is 13.9 Å². The van der Waals surface area contributed by atoms with E-state index in [0.717, 1.165) is 5.56 Å². The van der Waals surface area contributed by atoms with Gasteiger partial charge in [0.2, 0.25) is 0 Å². The van der Waals surface area contributed by atoms with Gasteiger partial charge in [-0.1, -0.05) is 6.07 Å². The first-order valence-corrected chi connectivity index (χ1v) is 5.96. The molecular formula is C12H12BrFO2. The Labute approximate surface area is 102 Å². The van der Waals surface area contributed by atoms with Crippen LogP contribution in [0.1, 0.15) is 30.1 Å². The van der Waals surface area contributed by atoms with Crippen LogP contribution in [0.4, 0.5) is 4.39 Å². The molecule has 1 saturated heterocycles. The van der Waals surface area contributed by atoms with E-state index in [1.807, 2.05) is 6.92 Å². The van der Waals surface area contributed by atoms with Crippen molar-refractivity contribution in [1.82, 2.24) is 0 Å². The minimum Gasteiger partial charge on any atom is -0.372 e. The molecule has 1 aliphatic rings. The fourth-order valence-corrected chi connectivity index (χ4v) is 2.46. The van der Waals surface area contributed by atoms with Gasteiger partial charge in [0.1, 0.15) is 11.6 Å². The first-order valence-electron chi connectivity index (χ1n) is 5.17. The standard InChI is InChI=1S/C12H12BrFO2/c1-7-4-9(12(14)10(13)5-7)11-6-8(15)2-3-16-11/h4-5,11H,2-3,6H2,1H3. The van der Waals surface area contributed by atoms with E-state index in [0.29, 0.717) is 23.1 Å². The molecular weight excluding hydrogens is 275 g/mol. The van der Waals surface area contributed by atoms with Crippen molar-refractivity contribution in [3.05, 3.63) is 33.5 Å². The highest BCUT2D eigenvalue weighted by Crippen LogP contribution is 2.32. The molecule has 0 N–H and O–H groups in total. The second-order valence-corrected chi connectivity index (χ2v) is 4.86. The summed E-state index contributed by atoms with van der Waals surface area (Å²) in [5.41, 5.74) is 1.42. The molecule has 1 aromatic rings. The number of aryl methyl sites for hydroxylation is 1. The quantitative estimate of drug-likeness (QED) is 0.792.